The summed E-state index contributed by atoms with van der Waals surface area (Å²) in [4.78, 5) is 0.102. The minimum absolute atomic E-state index is 0.0212. The first kappa shape index (κ1) is 21.4. The zero-order valence-corrected chi connectivity index (χ0v) is 19.3. The van der Waals surface area contributed by atoms with E-state index < -0.39 is 18.1 Å². The minimum atomic E-state index is -3.94. The van der Waals surface area contributed by atoms with Crippen LogP contribution in [0.3, 0.4) is 0 Å². The molecule has 0 amide bonds. The third-order valence-corrected chi connectivity index (χ3v) is 8.48. The number of ether oxygens (including phenoxy) is 1. The number of hydrogen-bond donors (Lipinski definition) is 0. The van der Waals surface area contributed by atoms with Gasteiger partial charge in [-0.15, -0.1) is 0 Å². The lowest BCUT2D eigenvalue weighted by atomic mass is 10.4. The third-order valence-electron chi connectivity index (χ3n) is 3.62. The molecule has 1 aromatic carbocycles. The highest BCUT2D eigenvalue weighted by Gasteiger charge is 2.32. The van der Waals surface area contributed by atoms with Crippen LogP contribution in [0.15, 0.2) is 38.2 Å². The molecule has 0 fully saturated rings. The summed E-state index contributed by atoms with van der Waals surface area (Å²) in [6, 6.07) is 7.48. The predicted octanol–water partition coefficient (Wildman–Crippen LogP) is 4.91. The Balaban J connectivity index is 2.35. The smallest absolute Gasteiger partial charge is 0.268 e. The van der Waals surface area contributed by atoms with Gasteiger partial charge in [0.2, 0.25) is 5.82 Å². The van der Waals surface area contributed by atoms with Gasteiger partial charge in [-0.05, 0) is 41.0 Å². The van der Waals surface area contributed by atoms with Gasteiger partial charge in [0.1, 0.15) is 16.6 Å². The number of nitrogens with zero attached hydrogens (tertiary/aromatic N) is 2. The van der Waals surface area contributed by atoms with Crippen LogP contribution in [0, 0.1) is 6.92 Å². The van der Waals surface area contributed by atoms with Crippen LogP contribution >= 0.6 is 27.5 Å². The second kappa shape index (κ2) is 8.43. The summed E-state index contributed by atoms with van der Waals surface area (Å²) in [6.07, 6.45) is 0. The van der Waals surface area contributed by atoms with E-state index in [0.717, 1.165) is 10.3 Å². The van der Waals surface area contributed by atoms with Gasteiger partial charge in [-0.3, -0.25) is 0 Å². The number of anilines is 1. The van der Waals surface area contributed by atoms with Crippen LogP contribution in [0.25, 0.3) is 0 Å². The average molecular weight is 482 g/mol. The van der Waals surface area contributed by atoms with Gasteiger partial charge in [-0.1, -0.05) is 48.5 Å². The maximum Gasteiger partial charge on any atom is 0.268 e. The van der Waals surface area contributed by atoms with Crippen LogP contribution in [-0.2, 0) is 14.8 Å². The molecule has 2 rings (SSSR count). The Morgan fingerprint density at radius 3 is 2.50 bits per heavy atom. The molecule has 0 bridgehead atoms. The van der Waals surface area contributed by atoms with E-state index in [1.165, 1.54) is 6.07 Å². The first-order chi connectivity index (χ1) is 12.0. The van der Waals surface area contributed by atoms with E-state index >= 15 is 0 Å². The van der Waals surface area contributed by atoms with Crippen LogP contribution in [0.2, 0.25) is 30.7 Å². The van der Waals surface area contributed by atoms with Gasteiger partial charge in [0.25, 0.3) is 10.0 Å². The van der Waals surface area contributed by atoms with Gasteiger partial charge in [0.15, 0.2) is 5.76 Å². The molecular weight excluding hydrogens is 460 g/mol. The maximum absolute atomic E-state index is 13.2. The molecule has 26 heavy (non-hydrogen) atoms. The Hall–Kier alpha value is -0.873. The van der Waals surface area contributed by atoms with E-state index in [1.54, 1.807) is 25.1 Å². The lowest BCUT2D eigenvalue weighted by Gasteiger charge is -2.23. The zero-order chi connectivity index (χ0) is 19.5. The zero-order valence-electron chi connectivity index (χ0n) is 15.1. The van der Waals surface area contributed by atoms with Gasteiger partial charge in [-0.25, -0.2) is 12.7 Å². The van der Waals surface area contributed by atoms with E-state index in [0.29, 0.717) is 16.8 Å². The van der Waals surface area contributed by atoms with E-state index in [4.69, 9.17) is 20.9 Å². The Morgan fingerprint density at radius 1 is 1.31 bits per heavy atom. The fourth-order valence-corrected chi connectivity index (χ4v) is 5.29. The van der Waals surface area contributed by atoms with Crippen molar-refractivity contribution < 1.29 is 17.7 Å². The SMILES string of the molecule is Cc1onc(N(COCC[Si](C)(C)C)S(=O)(=O)c2ccccc2Br)c1Cl. The van der Waals surface area contributed by atoms with Crippen molar-refractivity contribution in [2.45, 2.75) is 37.5 Å². The number of aryl methyl sites for hydroxylation is 1. The van der Waals surface area contributed by atoms with Gasteiger partial charge < -0.3 is 9.26 Å². The number of halogens is 2. The molecule has 144 valence electrons. The van der Waals surface area contributed by atoms with Gasteiger partial charge in [0.05, 0.1) is 0 Å². The monoisotopic (exact) mass is 480 g/mol. The summed E-state index contributed by atoms with van der Waals surface area (Å²) in [5.41, 5.74) is 0. The molecular formula is C16H22BrClN2O4SSi. The molecule has 0 atom stereocenters. The van der Waals surface area contributed by atoms with Crippen LogP contribution in [0.1, 0.15) is 5.76 Å². The molecule has 0 unspecified atom stereocenters. The highest BCUT2D eigenvalue weighted by atomic mass is 79.9. The van der Waals surface area contributed by atoms with Crippen LogP contribution in [-0.4, -0.2) is 35.0 Å². The molecule has 1 aromatic heterocycles. The summed E-state index contributed by atoms with van der Waals surface area (Å²) in [5.74, 6) is 0.365. The standard InChI is InChI=1S/C16H22BrClN2O4SSi/c1-12-15(18)16(19-24-12)20(11-23-9-10-26(2,3)4)25(21,22)14-8-6-5-7-13(14)17/h5-8H,9-11H2,1-4H3. The molecule has 0 saturated carbocycles. The Labute approximate surface area is 168 Å². The predicted molar refractivity (Wildman–Crippen MR) is 109 cm³/mol. The molecule has 10 heteroatoms. The first-order valence-electron chi connectivity index (χ1n) is 8.01. The highest BCUT2D eigenvalue weighted by Crippen LogP contribution is 2.33. The largest absolute Gasteiger partial charge is 0.360 e. The molecule has 0 aliphatic carbocycles. The van der Waals surface area contributed by atoms with Crippen molar-refractivity contribution in [1.82, 2.24) is 5.16 Å². The fraction of sp³-hybridized carbons (Fsp3) is 0.438. The normalized spacial score (nSPS) is 12.4. The second-order valence-electron chi connectivity index (χ2n) is 7.01. The Bertz CT molecular complexity index is 867. The third kappa shape index (κ3) is 5.10. The van der Waals surface area contributed by atoms with Crippen LogP contribution < -0.4 is 4.31 Å². The summed E-state index contributed by atoms with van der Waals surface area (Å²) < 4.78 is 38.6. The lowest BCUT2D eigenvalue weighted by Crippen LogP contribution is -2.35. The fourth-order valence-electron chi connectivity index (χ4n) is 2.05. The number of hydrogen-bond acceptors (Lipinski definition) is 5. The van der Waals surface area contributed by atoms with Crippen LogP contribution in [0.5, 0.6) is 0 Å². The van der Waals surface area contributed by atoms with E-state index in [1.807, 2.05) is 0 Å². The van der Waals surface area contributed by atoms with Gasteiger partial charge >= 0.3 is 0 Å². The summed E-state index contributed by atoms with van der Waals surface area (Å²) in [6.45, 7) is 8.57. The molecule has 2 aromatic rings. The summed E-state index contributed by atoms with van der Waals surface area (Å²) >= 11 is 9.49. The van der Waals surface area contributed by atoms with Crippen molar-refractivity contribution in [2.75, 3.05) is 17.6 Å². The molecule has 0 N–H and O–H groups in total. The van der Waals surface area contributed by atoms with E-state index in [-0.39, 0.29) is 22.5 Å². The molecule has 0 spiro atoms. The minimum Gasteiger partial charge on any atom is -0.360 e. The average Bonchev–Trinajstić information content (AvgIpc) is 2.86. The quantitative estimate of drug-likeness (QED) is 0.304. The topological polar surface area (TPSA) is 72.6 Å². The van der Waals surface area contributed by atoms with Crippen molar-refractivity contribution in [2.24, 2.45) is 0 Å². The van der Waals surface area contributed by atoms with E-state index in [2.05, 4.69) is 40.7 Å². The first-order valence-corrected chi connectivity index (χ1v) is 14.3. The number of benzene rings is 1. The van der Waals surface area contributed by atoms with E-state index in [9.17, 15) is 8.42 Å². The van der Waals surface area contributed by atoms with Crippen molar-refractivity contribution in [3.05, 3.63) is 39.5 Å². The number of aromatic nitrogens is 1. The van der Waals surface area contributed by atoms with Gasteiger partial charge in [-0.2, -0.15) is 0 Å². The Kier molecular flexibility index (Phi) is 6.95. The summed E-state index contributed by atoms with van der Waals surface area (Å²) in [5, 5.41) is 3.97. The van der Waals surface area contributed by atoms with Crippen LogP contribution in [0.4, 0.5) is 5.82 Å². The highest BCUT2D eigenvalue weighted by molar-refractivity contribution is 9.10. The maximum atomic E-state index is 13.2. The molecule has 0 aliphatic heterocycles. The van der Waals surface area contributed by atoms with Crippen molar-refractivity contribution in [1.29, 1.82) is 0 Å². The van der Waals surface area contributed by atoms with Crippen molar-refractivity contribution in [3.63, 3.8) is 0 Å². The molecule has 0 radical (unpaired) electrons. The molecule has 6 nitrogen and oxygen atoms in total. The van der Waals surface area contributed by atoms with Crippen molar-refractivity contribution in [3.8, 4) is 0 Å². The Morgan fingerprint density at radius 2 is 1.96 bits per heavy atom. The number of rotatable bonds is 8. The molecule has 0 saturated heterocycles. The van der Waals surface area contributed by atoms with Crippen molar-refractivity contribution >= 4 is 51.4 Å². The molecule has 1 heterocycles. The van der Waals surface area contributed by atoms with Gasteiger partial charge in [0, 0.05) is 19.2 Å². The molecule has 0 aliphatic rings. The second-order valence-corrected chi connectivity index (χ2v) is 15.7. The lowest BCUT2D eigenvalue weighted by molar-refractivity contribution is 0.155. The number of sulfonamides is 1. The summed E-state index contributed by atoms with van der Waals surface area (Å²) in [7, 11) is -5.24.